The van der Waals surface area contributed by atoms with Crippen LogP contribution in [0.2, 0.25) is 0 Å². The quantitative estimate of drug-likeness (QED) is 0.466. The van der Waals surface area contributed by atoms with Crippen LogP contribution in [0.3, 0.4) is 0 Å². The number of aryl methyl sites for hydroxylation is 2. The van der Waals surface area contributed by atoms with Gasteiger partial charge >= 0.3 is 5.63 Å². The second-order valence-corrected chi connectivity index (χ2v) is 10.3. The molecule has 2 fully saturated rings. The highest BCUT2D eigenvalue weighted by Crippen LogP contribution is 2.32. The Labute approximate surface area is 206 Å². The minimum absolute atomic E-state index is 0.0368. The number of piperidine rings is 2. The third kappa shape index (κ3) is 4.76. The highest BCUT2D eigenvalue weighted by atomic mass is 16.5. The van der Waals surface area contributed by atoms with Crippen LogP contribution in [0.25, 0.3) is 21.9 Å². The molecule has 3 aromatic rings. The maximum Gasteiger partial charge on any atom is 0.340 e. The summed E-state index contributed by atoms with van der Waals surface area (Å²) in [6.45, 7) is 7.98. The number of nitrogens with zero attached hydrogens (tertiary/aromatic N) is 2. The van der Waals surface area contributed by atoms with E-state index in [1.807, 2.05) is 24.8 Å². The molecule has 2 aliphatic heterocycles. The average Bonchev–Trinajstić information content (AvgIpc) is 3.22. The van der Waals surface area contributed by atoms with Gasteiger partial charge in [0.2, 0.25) is 5.91 Å². The van der Waals surface area contributed by atoms with Gasteiger partial charge in [-0.15, -0.1) is 0 Å². The zero-order chi connectivity index (χ0) is 24.5. The number of fused-ring (bicyclic) bond motifs is 3. The number of hydrogen-bond donors (Lipinski definition) is 0. The summed E-state index contributed by atoms with van der Waals surface area (Å²) in [7, 11) is 1.66. The summed E-state index contributed by atoms with van der Waals surface area (Å²) < 4.78 is 16.6. The van der Waals surface area contributed by atoms with E-state index in [9.17, 15) is 9.59 Å². The Morgan fingerprint density at radius 1 is 1.11 bits per heavy atom. The van der Waals surface area contributed by atoms with Crippen molar-refractivity contribution in [2.24, 2.45) is 5.92 Å². The van der Waals surface area contributed by atoms with Crippen molar-refractivity contribution in [2.45, 2.75) is 58.4 Å². The molecule has 1 aromatic carbocycles. The van der Waals surface area contributed by atoms with Crippen LogP contribution in [-0.4, -0.2) is 61.6 Å². The van der Waals surface area contributed by atoms with Crippen molar-refractivity contribution in [1.82, 2.24) is 9.80 Å². The first-order valence-electron chi connectivity index (χ1n) is 12.9. The summed E-state index contributed by atoms with van der Waals surface area (Å²) in [5.74, 6) is 0.432. The van der Waals surface area contributed by atoms with Crippen LogP contribution < -0.4 is 5.63 Å². The third-order valence-corrected chi connectivity index (χ3v) is 8.10. The highest BCUT2D eigenvalue weighted by molar-refractivity contribution is 5.96. The van der Waals surface area contributed by atoms with Gasteiger partial charge < -0.3 is 23.4 Å². The molecule has 2 atom stereocenters. The predicted molar refractivity (Wildman–Crippen MR) is 136 cm³/mol. The van der Waals surface area contributed by atoms with Crippen molar-refractivity contribution in [3.63, 3.8) is 0 Å². The van der Waals surface area contributed by atoms with Crippen LogP contribution in [0.1, 0.15) is 48.8 Å². The summed E-state index contributed by atoms with van der Waals surface area (Å²) in [5, 5.41) is 1.83. The van der Waals surface area contributed by atoms with E-state index < -0.39 is 5.63 Å². The van der Waals surface area contributed by atoms with E-state index in [-0.39, 0.29) is 12.3 Å². The maximum absolute atomic E-state index is 13.6. The van der Waals surface area contributed by atoms with Gasteiger partial charge in [0.05, 0.1) is 24.9 Å². The molecule has 0 radical (unpaired) electrons. The van der Waals surface area contributed by atoms with E-state index >= 15 is 0 Å². The normalized spacial score (nSPS) is 20.9. The summed E-state index contributed by atoms with van der Waals surface area (Å²) >= 11 is 0. The first-order chi connectivity index (χ1) is 17.0. The van der Waals surface area contributed by atoms with Crippen LogP contribution in [0.4, 0.5) is 0 Å². The van der Waals surface area contributed by atoms with Crippen molar-refractivity contribution in [3.05, 3.63) is 45.5 Å². The molecule has 0 N–H and O–H groups in total. The lowest BCUT2D eigenvalue weighted by molar-refractivity contribution is -0.132. The van der Waals surface area contributed by atoms with Crippen molar-refractivity contribution >= 4 is 27.8 Å². The van der Waals surface area contributed by atoms with E-state index in [0.29, 0.717) is 41.8 Å². The molecule has 4 heterocycles. The smallest absolute Gasteiger partial charge is 0.340 e. The third-order valence-electron chi connectivity index (χ3n) is 8.10. The second kappa shape index (κ2) is 10.2. The number of carbonyl (C=O) groups excluding carboxylic acids is 1. The number of hydrogen-bond acceptors (Lipinski definition) is 6. The minimum atomic E-state index is -0.450. The summed E-state index contributed by atoms with van der Waals surface area (Å²) in [6, 6.07) is 4.32. The summed E-state index contributed by atoms with van der Waals surface area (Å²) in [5.41, 5.74) is 3.00. The molecule has 5 rings (SSSR count). The van der Waals surface area contributed by atoms with Gasteiger partial charge in [0.1, 0.15) is 11.2 Å². The van der Waals surface area contributed by atoms with Crippen molar-refractivity contribution in [3.8, 4) is 0 Å². The molecule has 188 valence electrons. The molecule has 2 unspecified atom stereocenters. The molecule has 0 bridgehead atoms. The zero-order valence-corrected chi connectivity index (χ0v) is 21.1. The first-order valence-corrected chi connectivity index (χ1v) is 12.9. The number of carbonyl (C=O) groups is 1. The Bertz CT molecular complexity index is 1270. The van der Waals surface area contributed by atoms with Gasteiger partial charge in [-0.2, -0.15) is 0 Å². The molecule has 2 saturated heterocycles. The molecular formula is C28H36N2O5. The van der Waals surface area contributed by atoms with Crippen molar-refractivity contribution < 1.29 is 18.4 Å². The van der Waals surface area contributed by atoms with Crippen LogP contribution >= 0.6 is 0 Å². The standard InChI is InChI=1S/C28H36N2O5/c1-18-17-34-25-15-26-22(13-21(18)25)19(2)23(28(32)35-26)14-27(31)30(11-12-33-3)16-20-7-6-10-29-9-5-4-8-24(20)29/h13,15,17,20,24H,4-12,14,16H2,1-3H3. The number of amides is 1. The number of ether oxygens (including phenoxy) is 1. The zero-order valence-electron chi connectivity index (χ0n) is 21.1. The number of rotatable bonds is 7. The van der Waals surface area contributed by atoms with Gasteiger partial charge in [0, 0.05) is 43.1 Å². The van der Waals surface area contributed by atoms with Gasteiger partial charge in [-0.1, -0.05) is 6.42 Å². The Kier molecular flexibility index (Phi) is 6.98. The first kappa shape index (κ1) is 24.1. The SMILES string of the molecule is COCCN(CC1CCCN2CCCCC12)C(=O)Cc1c(C)c2cc3c(C)coc3cc2oc1=O. The lowest BCUT2D eigenvalue weighted by atomic mass is 9.83. The lowest BCUT2D eigenvalue weighted by Crippen LogP contribution is -2.52. The molecule has 7 nitrogen and oxygen atoms in total. The fourth-order valence-electron chi connectivity index (χ4n) is 6.10. The summed E-state index contributed by atoms with van der Waals surface area (Å²) in [6.07, 6.45) is 7.83. The van der Waals surface area contributed by atoms with Crippen LogP contribution in [0.5, 0.6) is 0 Å². The average molecular weight is 481 g/mol. The number of benzene rings is 1. The maximum atomic E-state index is 13.6. The minimum Gasteiger partial charge on any atom is -0.464 e. The molecule has 35 heavy (non-hydrogen) atoms. The van der Waals surface area contributed by atoms with E-state index in [2.05, 4.69) is 4.90 Å². The fourth-order valence-corrected chi connectivity index (χ4v) is 6.10. The van der Waals surface area contributed by atoms with Crippen LogP contribution in [0, 0.1) is 19.8 Å². The van der Waals surface area contributed by atoms with E-state index in [0.717, 1.165) is 34.9 Å². The van der Waals surface area contributed by atoms with Gasteiger partial charge in [-0.25, -0.2) is 4.79 Å². The van der Waals surface area contributed by atoms with E-state index in [4.69, 9.17) is 13.6 Å². The molecule has 0 spiro atoms. The van der Waals surface area contributed by atoms with Gasteiger partial charge in [0.25, 0.3) is 0 Å². The van der Waals surface area contributed by atoms with Gasteiger partial charge in [-0.3, -0.25) is 4.79 Å². The second-order valence-electron chi connectivity index (χ2n) is 10.3. The monoisotopic (exact) mass is 480 g/mol. The molecule has 2 aromatic heterocycles. The van der Waals surface area contributed by atoms with Crippen molar-refractivity contribution in [1.29, 1.82) is 0 Å². The highest BCUT2D eigenvalue weighted by Gasteiger charge is 2.34. The largest absolute Gasteiger partial charge is 0.464 e. The molecule has 1 amide bonds. The number of methoxy groups -OCH3 is 1. The van der Waals surface area contributed by atoms with E-state index in [1.54, 1.807) is 19.4 Å². The molecule has 7 heteroatoms. The Morgan fingerprint density at radius 2 is 1.94 bits per heavy atom. The molecule has 2 aliphatic rings. The Hall–Kier alpha value is -2.64. The summed E-state index contributed by atoms with van der Waals surface area (Å²) in [4.78, 5) is 31.1. The predicted octanol–water partition coefficient (Wildman–Crippen LogP) is 4.44. The van der Waals surface area contributed by atoms with Gasteiger partial charge in [0.15, 0.2) is 0 Å². The van der Waals surface area contributed by atoms with Gasteiger partial charge in [-0.05, 0) is 75.7 Å². The van der Waals surface area contributed by atoms with Crippen molar-refractivity contribution in [2.75, 3.05) is 39.9 Å². The fraction of sp³-hybridized carbons (Fsp3) is 0.571. The Morgan fingerprint density at radius 3 is 2.77 bits per heavy atom. The molecular weight excluding hydrogens is 444 g/mol. The van der Waals surface area contributed by atoms with E-state index in [1.165, 1.54) is 38.8 Å². The molecule has 0 aliphatic carbocycles. The lowest BCUT2D eigenvalue weighted by Gasteiger charge is -2.45. The van der Waals surface area contributed by atoms with Crippen LogP contribution in [0.15, 0.2) is 32.0 Å². The van der Waals surface area contributed by atoms with Crippen LogP contribution in [-0.2, 0) is 16.0 Å². The molecule has 0 saturated carbocycles. The Balaban J connectivity index is 1.41. The number of furan rings is 1. The topological polar surface area (TPSA) is 76.1 Å².